The van der Waals surface area contributed by atoms with E-state index in [1.165, 1.54) is 37.8 Å². The summed E-state index contributed by atoms with van der Waals surface area (Å²) in [4.78, 5) is 0. The highest BCUT2D eigenvalue weighted by Crippen LogP contribution is 2.31. The molecule has 0 saturated heterocycles. The molecule has 1 nitrogen and oxygen atoms in total. The van der Waals surface area contributed by atoms with Crippen molar-refractivity contribution in [3.63, 3.8) is 0 Å². The summed E-state index contributed by atoms with van der Waals surface area (Å²) in [6.45, 7) is 2.30. The van der Waals surface area contributed by atoms with Gasteiger partial charge in [-0.3, -0.25) is 0 Å². The Balaban J connectivity index is 1.99. The van der Waals surface area contributed by atoms with Crippen LogP contribution < -0.4 is 5.73 Å². The molecule has 0 heterocycles. The van der Waals surface area contributed by atoms with Gasteiger partial charge in [0.15, 0.2) is 0 Å². The lowest BCUT2D eigenvalue weighted by molar-refractivity contribution is 0.245. The van der Waals surface area contributed by atoms with Crippen LogP contribution in [0.4, 0.5) is 4.39 Å². The number of halogens is 2. The van der Waals surface area contributed by atoms with Crippen molar-refractivity contribution in [1.82, 2.24) is 0 Å². The number of benzene rings is 1. The molecule has 1 aromatic rings. The second-order valence-corrected chi connectivity index (χ2v) is 6.04. The van der Waals surface area contributed by atoms with E-state index < -0.39 is 0 Å². The van der Waals surface area contributed by atoms with Gasteiger partial charge in [-0.2, -0.15) is 0 Å². The summed E-state index contributed by atoms with van der Waals surface area (Å²) in [5, 5.41) is 0.495. The van der Waals surface area contributed by atoms with Gasteiger partial charge in [-0.25, -0.2) is 4.39 Å². The van der Waals surface area contributed by atoms with Crippen LogP contribution in [0.1, 0.15) is 38.2 Å². The lowest BCUT2D eigenvalue weighted by Crippen LogP contribution is -2.35. The van der Waals surface area contributed by atoms with Crippen LogP contribution in [0.5, 0.6) is 0 Å². The lowest BCUT2D eigenvalue weighted by Gasteiger charge is -2.31. The van der Waals surface area contributed by atoms with Crippen molar-refractivity contribution in [2.24, 2.45) is 17.6 Å². The monoisotopic (exact) mass is 269 g/mol. The third-order valence-corrected chi connectivity index (χ3v) is 4.41. The van der Waals surface area contributed by atoms with Gasteiger partial charge in [0.2, 0.25) is 0 Å². The number of hydrogen-bond acceptors (Lipinski definition) is 1. The van der Waals surface area contributed by atoms with Crippen LogP contribution in [0.25, 0.3) is 0 Å². The first-order valence-electron chi connectivity index (χ1n) is 6.75. The highest BCUT2D eigenvalue weighted by molar-refractivity contribution is 6.31. The minimum Gasteiger partial charge on any atom is -0.327 e. The van der Waals surface area contributed by atoms with E-state index in [-0.39, 0.29) is 11.9 Å². The minimum absolute atomic E-state index is 0.135. The summed E-state index contributed by atoms with van der Waals surface area (Å²) in [7, 11) is 0. The molecular weight excluding hydrogens is 249 g/mol. The van der Waals surface area contributed by atoms with E-state index in [1.807, 2.05) is 0 Å². The molecule has 0 aliphatic heterocycles. The van der Waals surface area contributed by atoms with Crippen molar-refractivity contribution in [2.45, 2.75) is 45.1 Å². The van der Waals surface area contributed by atoms with E-state index in [4.69, 9.17) is 17.3 Å². The number of nitrogens with two attached hydrogens (primary N) is 1. The molecule has 18 heavy (non-hydrogen) atoms. The highest BCUT2D eigenvalue weighted by atomic mass is 35.5. The molecule has 1 aliphatic rings. The molecule has 1 aromatic carbocycles. The summed E-state index contributed by atoms with van der Waals surface area (Å²) in [5.74, 6) is 1.07. The van der Waals surface area contributed by atoms with Gasteiger partial charge >= 0.3 is 0 Å². The van der Waals surface area contributed by atoms with Gasteiger partial charge in [0, 0.05) is 11.1 Å². The van der Waals surface area contributed by atoms with Crippen molar-refractivity contribution in [3.05, 3.63) is 34.6 Å². The second-order valence-electron chi connectivity index (χ2n) is 5.64. The molecule has 1 saturated carbocycles. The molecule has 0 radical (unpaired) electrons. The zero-order valence-corrected chi connectivity index (χ0v) is 11.6. The molecule has 100 valence electrons. The molecular formula is C15H21ClFN. The van der Waals surface area contributed by atoms with Crippen molar-refractivity contribution in [1.29, 1.82) is 0 Å². The maximum atomic E-state index is 13.0. The van der Waals surface area contributed by atoms with Gasteiger partial charge in [0.05, 0.1) is 0 Å². The molecule has 2 N–H and O–H groups in total. The fourth-order valence-corrected chi connectivity index (χ4v) is 3.22. The van der Waals surface area contributed by atoms with Gasteiger partial charge in [-0.05, 0) is 48.8 Å². The van der Waals surface area contributed by atoms with Crippen LogP contribution in [0.2, 0.25) is 5.02 Å². The molecule has 0 amide bonds. The first-order chi connectivity index (χ1) is 8.56. The van der Waals surface area contributed by atoms with E-state index in [1.54, 1.807) is 6.07 Å². The Kier molecular flexibility index (Phi) is 4.63. The number of rotatable bonds is 3. The Morgan fingerprint density at radius 1 is 1.44 bits per heavy atom. The fourth-order valence-electron chi connectivity index (χ4n) is 2.98. The topological polar surface area (TPSA) is 26.0 Å². The first-order valence-corrected chi connectivity index (χ1v) is 7.13. The molecule has 1 fully saturated rings. The van der Waals surface area contributed by atoms with Gasteiger partial charge in [-0.1, -0.05) is 37.4 Å². The Bertz CT molecular complexity index is 407. The first kappa shape index (κ1) is 13.8. The maximum absolute atomic E-state index is 13.0. The Labute approximate surface area is 114 Å². The van der Waals surface area contributed by atoms with Crippen LogP contribution in [0.3, 0.4) is 0 Å². The predicted octanol–water partition coefficient (Wildman–Crippen LogP) is 4.18. The normalized spacial score (nSPS) is 26.0. The van der Waals surface area contributed by atoms with Gasteiger partial charge in [0.1, 0.15) is 5.82 Å². The Morgan fingerprint density at radius 3 is 2.89 bits per heavy atom. The summed E-state index contributed by atoms with van der Waals surface area (Å²) in [5.41, 5.74) is 7.26. The van der Waals surface area contributed by atoms with Gasteiger partial charge in [-0.15, -0.1) is 0 Å². The van der Waals surface area contributed by atoms with Crippen LogP contribution in [-0.2, 0) is 6.42 Å². The molecule has 2 rings (SSSR count). The zero-order chi connectivity index (χ0) is 13.1. The van der Waals surface area contributed by atoms with Crippen LogP contribution >= 0.6 is 11.6 Å². The number of hydrogen-bond donors (Lipinski definition) is 1. The zero-order valence-electron chi connectivity index (χ0n) is 10.8. The van der Waals surface area contributed by atoms with Crippen molar-refractivity contribution >= 4 is 11.6 Å². The largest absolute Gasteiger partial charge is 0.327 e. The summed E-state index contributed by atoms with van der Waals surface area (Å²) < 4.78 is 13.0. The third kappa shape index (κ3) is 3.46. The molecule has 3 heteroatoms. The van der Waals surface area contributed by atoms with E-state index in [2.05, 4.69) is 6.92 Å². The molecule has 3 unspecified atom stereocenters. The predicted molar refractivity (Wildman–Crippen MR) is 74.2 cm³/mol. The molecule has 0 bridgehead atoms. The Morgan fingerprint density at radius 2 is 2.22 bits per heavy atom. The second kappa shape index (κ2) is 6.03. The fraction of sp³-hybridized carbons (Fsp3) is 0.600. The summed E-state index contributed by atoms with van der Waals surface area (Å²) in [6.07, 6.45) is 5.76. The third-order valence-electron chi connectivity index (χ3n) is 4.05. The highest BCUT2D eigenvalue weighted by Gasteiger charge is 2.24. The average Bonchev–Trinajstić information content (AvgIpc) is 2.32. The summed E-state index contributed by atoms with van der Waals surface area (Å²) in [6, 6.07) is 4.71. The SMILES string of the molecule is CC1CCCC(C(N)Cc2ccc(F)cc2Cl)C1. The van der Waals surface area contributed by atoms with Crippen LogP contribution in [0.15, 0.2) is 18.2 Å². The molecule has 3 atom stereocenters. The molecule has 1 aliphatic carbocycles. The van der Waals surface area contributed by atoms with E-state index in [0.717, 1.165) is 17.9 Å². The van der Waals surface area contributed by atoms with Crippen molar-refractivity contribution in [2.75, 3.05) is 0 Å². The molecule has 0 spiro atoms. The smallest absolute Gasteiger partial charge is 0.124 e. The minimum atomic E-state index is -0.288. The van der Waals surface area contributed by atoms with Crippen LogP contribution in [0, 0.1) is 17.7 Å². The average molecular weight is 270 g/mol. The standard InChI is InChI=1S/C15H21ClFN/c1-10-3-2-4-12(7-10)15(18)8-11-5-6-13(17)9-14(11)16/h5-6,9-10,12,15H,2-4,7-8,18H2,1H3. The van der Waals surface area contributed by atoms with E-state index >= 15 is 0 Å². The van der Waals surface area contributed by atoms with Crippen molar-refractivity contribution in [3.8, 4) is 0 Å². The summed E-state index contributed by atoms with van der Waals surface area (Å²) >= 11 is 6.05. The quantitative estimate of drug-likeness (QED) is 0.875. The maximum Gasteiger partial charge on any atom is 0.124 e. The molecule has 0 aromatic heterocycles. The Hall–Kier alpha value is -0.600. The van der Waals surface area contributed by atoms with Gasteiger partial charge in [0.25, 0.3) is 0 Å². The van der Waals surface area contributed by atoms with E-state index in [0.29, 0.717) is 10.9 Å². The van der Waals surface area contributed by atoms with Gasteiger partial charge < -0.3 is 5.73 Å². The van der Waals surface area contributed by atoms with E-state index in [9.17, 15) is 4.39 Å². The van der Waals surface area contributed by atoms with Crippen molar-refractivity contribution < 1.29 is 4.39 Å². The van der Waals surface area contributed by atoms with Crippen LogP contribution in [-0.4, -0.2) is 6.04 Å². The lowest BCUT2D eigenvalue weighted by atomic mass is 9.77.